The third-order valence-electron chi connectivity index (χ3n) is 5.42. The summed E-state index contributed by atoms with van der Waals surface area (Å²) in [5, 5.41) is 21.8. The van der Waals surface area contributed by atoms with E-state index < -0.39 is 23.2 Å². The van der Waals surface area contributed by atoms with E-state index in [1.54, 1.807) is 18.2 Å². The third-order valence-corrected chi connectivity index (χ3v) is 5.42. The van der Waals surface area contributed by atoms with Crippen molar-refractivity contribution in [3.8, 4) is 5.75 Å². The first-order valence-corrected chi connectivity index (χ1v) is 9.64. The van der Waals surface area contributed by atoms with Gasteiger partial charge in [0, 0.05) is 17.2 Å². The second kappa shape index (κ2) is 6.87. The summed E-state index contributed by atoms with van der Waals surface area (Å²) in [5.41, 5.74) is 10.7. The van der Waals surface area contributed by atoms with E-state index in [1.165, 1.54) is 0 Å². The minimum absolute atomic E-state index is 0.0171. The molecule has 0 fully saturated rings. The first-order valence-electron chi connectivity index (χ1n) is 9.64. The van der Waals surface area contributed by atoms with Crippen LogP contribution < -0.4 is 11.5 Å². The Balaban J connectivity index is 2.20. The van der Waals surface area contributed by atoms with Crippen molar-refractivity contribution < 1.29 is 19.8 Å². The number of nitrogens with two attached hydrogens (primary N) is 2. The van der Waals surface area contributed by atoms with E-state index in [4.69, 9.17) is 11.5 Å². The van der Waals surface area contributed by atoms with Gasteiger partial charge in [0.25, 0.3) is 0 Å². The van der Waals surface area contributed by atoms with Gasteiger partial charge in [-0.3, -0.25) is 15.3 Å². The molecule has 0 saturated carbocycles. The fourth-order valence-electron chi connectivity index (χ4n) is 4.18. The number of benzene rings is 1. The maximum absolute atomic E-state index is 13.4. The molecule has 0 heterocycles. The van der Waals surface area contributed by atoms with Gasteiger partial charge in [0.2, 0.25) is 0 Å². The molecule has 1 aromatic carbocycles. The lowest BCUT2D eigenvalue weighted by Crippen LogP contribution is -2.54. The van der Waals surface area contributed by atoms with E-state index in [9.17, 15) is 19.8 Å². The van der Waals surface area contributed by atoms with Crippen LogP contribution in [-0.4, -0.2) is 27.5 Å². The first kappa shape index (κ1) is 20.3. The molecule has 2 atom stereocenters. The Morgan fingerprint density at radius 2 is 1.75 bits per heavy atom. The molecule has 150 valence electrons. The number of carbonyl (C=O) groups excluding carboxylic acids is 2. The quantitative estimate of drug-likeness (QED) is 0.359. The van der Waals surface area contributed by atoms with Crippen molar-refractivity contribution in [1.82, 2.24) is 0 Å². The topological polar surface area (TPSA) is 127 Å². The highest BCUT2D eigenvalue weighted by molar-refractivity contribution is 6.31. The monoisotopic (exact) mass is 384 g/mol. The van der Waals surface area contributed by atoms with E-state index in [0.29, 0.717) is 18.4 Å². The molecule has 2 aliphatic carbocycles. The lowest BCUT2D eigenvalue weighted by Gasteiger charge is -2.39. The average Bonchev–Trinajstić information content (AvgIpc) is 2.56. The van der Waals surface area contributed by atoms with Gasteiger partial charge in [-0.2, -0.15) is 0 Å². The zero-order valence-corrected chi connectivity index (χ0v) is 16.7. The molecule has 1 aromatic rings. The number of rotatable bonds is 4. The zero-order chi connectivity index (χ0) is 21.0. The molecule has 2 aliphatic rings. The number of aromatic hydroxyl groups is 1. The van der Waals surface area contributed by atoms with E-state index in [1.807, 2.05) is 27.7 Å². The van der Waals surface area contributed by atoms with Gasteiger partial charge in [-0.1, -0.05) is 39.8 Å². The van der Waals surface area contributed by atoms with Crippen LogP contribution in [0.3, 0.4) is 0 Å². The number of phenolic OH excluding ortho intramolecular Hbond substituents is 1. The SMILES string of the molecule is CC(C)Cc1cc(N)c2c(c1O)C(=O)C1=C(C=CC(CC(C)C)C1(N)O)C2=O. The van der Waals surface area contributed by atoms with Gasteiger partial charge in [-0.25, -0.2) is 0 Å². The minimum atomic E-state index is -1.99. The van der Waals surface area contributed by atoms with Crippen molar-refractivity contribution in [1.29, 1.82) is 0 Å². The molecular weight excluding hydrogens is 356 g/mol. The number of carbonyl (C=O) groups is 2. The highest BCUT2D eigenvalue weighted by atomic mass is 16.3. The minimum Gasteiger partial charge on any atom is -0.507 e. The number of anilines is 1. The molecule has 6 nitrogen and oxygen atoms in total. The van der Waals surface area contributed by atoms with Gasteiger partial charge in [-0.05, 0) is 36.3 Å². The summed E-state index contributed by atoms with van der Waals surface area (Å²) in [6.45, 7) is 7.93. The van der Waals surface area contributed by atoms with Crippen LogP contribution in [0.2, 0.25) is 0 Å². The Morgan fingerprint density at radius 1 is 1.11 bits per heavy atom. The van der Waals surface area contributed by atoms with E-state index in [0.717, 1.165) is 0 Å². The van der Waals surface area contributed by atoms with E-state index in [2.05, 4.69) is 0 Å². The summed E-state index contributed by atoms with van der Waals surface area (Å²) in [6.07, 6.45) is 4.28. The summed E-state index contributed by atoms with van der Waals surface area (Å²) in [4.78, 5) is 26.5. The lowest BCUT2D eigenvalue weighted by atomic mass is 9.70. The molecule has 0 spiro atoms. The highest BCUT2D eigenvalue weighted by Gasteiger charge is 2.48. The Labute approximate surface area is 164 Å². The zero-order valence-electron chi connectivity index (χ0n) is 16.7. The third kappa shape index (κ3) is 3.06. The maximum atomic E-state index is 13.4. The molecule has 0 aromatic heterocycles. The number of hydrogen-bond donors (Lipinski definition) is 4. The van der Waals surface area contributed by atoms with Gasteiger partial charge < -0.3 is 15.9 Å². The van der Waals surface area contributed by atoms with Gasteiger partial charge in [0.05, 0.1) is 16.7 Å². The fraction of sp³-hybridized carbons (Fsp3) is 0.455. The molecule has 6 heteroatoms. The molecule has 6 N–H and O–H groups in total. The molecule has 2 unspecified atom stereocenters. The smallest absolute Gasteiger partial charge is 0.198 e. The molecule has 0 radical (unpaired) electrons. The number of aliphatic hydroxyl groups is 1. The number of Topliss-reactive ketones (excluding diaryl/α,β-unsaturated/α-hetero) is 2. The molecule has 0 bridgehead atoms. The van der Waals surface area contributed by atoms with E-state index in [-0.39, 0.29) is 45.5 Å². The van der Waals surface area contributed by atoms with Crippen molar-refractivity contribution >= 4 is 17.3 Å². The molecule has 0 aliphatic heterocycles. The number of allylic oxidation sites excluding steroid dienone is 2. The number of hydrogen-bond acceptors (Lipinski definition) is 6. The summed E-state index contributed by atoms with van der Waals surface area (Å²) in [5.74, 6) is -1.46. The van der Waals surface area contributed by atoms with Gasteiger partial charge in [-0.15, -0.1) is 0 Å². The summed E-state index contributed by atoms with van der Waals surface area (Å²) < 4.78 is 0. The van der Waals surface area contributed by atoms with Crippen molar-refractivity contribution in [3.05, 3.63) is 46.1 Å². The molecule has 28 heavy (non-hydrogen) atoms. The van der Waals surface area contributed by atoms with Crippen molar-refractivity contribution in [2.75, 3.05) is 5.73 Å². The fourth-order valence-corrected chi connectivity index (χ4v) is 4.18. The van der Waals surface area contributed by atoms with Gasteiger partial charge in [0.1, 0.15) is 11.5 Å². The maximum Gasteiger partial charge on any atom is 0.198 e. The van der Waals surface area contributed by atoms with Crippen LogP contribution in [0.4, 0.5) is 5.69 Å². The molecular formula is C22H28N2O4. The van der Waals surface area contributed by atoms with Crippen LogP contribution in [0.1, 0.15) is 60.4 Å². The Morgan fingerprint density at radius 3 is 2.32 bits per heavy atom. The van der Waals surface area contributed by atoms with Crippen molar-refractivity contribution in [2.45, 2.75) is 46.3 Å². The van der Waals surface area contributed by atoms with Crippen LogP contribution in [-0.2, 0) is 6.42 Å². The first-order chi connectivity index (χ1) is 13.0. The summed E-state index contributed by atoms with van der Waals surface area (Å²) >= 11 is 0. The lowest BCUT2D eigenvalue weighted by molar-refractivity contribution is 0.0280. The second-order valence-corrected chi connectivity index (χ2v) is 8.69. The van der Waals surface area contributed by atoms with Crippen LogP contribution in [0.5, 0.6) is 5.75 Å². The summed E-state index contributed by atoms with van der Waals surface area (Å²) in [6, 6.07) is 1.55. The van der Waals surface area contributed by atoms with Crippen LogP contribution in [0.15, 0.2) is 29.4 Å². The Kier molecular flexibility index (Phi) is 4.98. The van der Waals surface area contributed by atoms with Gasteiger partial charge >= 0.3 is 0 Å². The largest absolute Gasteiger partial charge is 0.507 e. The average molecular weight is 384 g/mol. The van der Waals surface area contributed by atoms with Gasteiger partial charge in [0.15, 0.2) is 11.6 Å². The summed E-state index contributed by atoms with van der Waals surface area (Å²) in [7, 11) is 0. The van der Waals surface area contributed by atoms with Crippen LogP contribution >= 0.6 is 0 Å². The standard InChI is InChI=1S/C22H28N2O4/c1-10(2)7-12-9-15(23)16-17(19(12)25)21(27)18-14(20(16)26)6-5-13(8-11(3)4)22(18,24)28/h5-6,9-11,13,25,28H,7-8,23-24H2,1-4H3. The molecule has 0 amide bonds. The number of phenols is 1. The number of nitrogen functional groups attached to an aromatic ring is 1. The predicted octanol–water partition coefficient (Wildman–Crippen LogP) is 2.73. The Hall–Kier alpha value is -2.44. The number of fused-ring (bicyclic) bond motifs is 1. The van der Waals surface area contributed by atoms with Crippen LogP contribution in [0.25, 0.3) is 0 Å². The molecule has 3 rings (SSSR count). The van der Waals surface area contributed by atoms with Crippen molar-refractivity contribution in [3.63, 3.8) is 0 Å². The van der Waals surface area contributed by atoms with Crippen molar-refractivity contribution in [2.24, 2.45) is 23.5 Å². The van der Waals surface area contributed by atoms with Crippen LogP contribution in [0, 0.1) is 17.8 Å². The second-order valence-electron chi connectivity index (χ2n) is 8.69. The Bertz CT molecular complexity index is 923. The highest BCUT2D eigenvalue weighted by Crippen LogP contribution is 2.45. The predicted molar refractivity (Wildman–Crippen MR) is 108 cm³/mol. The molecule has 0 saturated heterocycles. The van der Waals surface area contributed by atoms with E-state index >= 15 is 0 Å². The number of ketones is 2. The normalized spacial score (nSPS) is 24.2.